The number of ether oxygens (including phenoxy) is 1. The molecule has 3 nitrogen and oxygen atoms in total. The number of benzene rings is 1. The quantitative estimate of drug-likeness (QED) is 0.887. The fourth-order valence-electron chi connectivity index (χ4n) is 2.02. The van der Waals surface area contributed by atoms with Crippen LogP contribution in [0.4, 0.5) is 0 Å². The van der Waals surface area contributed by atoms with Gasteiger partial charge in [-0.25, -0.2) is 0 Å². The SMILES string of the molecule is CCc1ccccc1Oc1ccncc1CNC(C)(C)C. The second-order valence-corrected chi connectivity index (χ2v) is 6.15. The molecule has 112 valence electrons. The Bertz CT molecular complexity index is 588. The Hall–Kier alpha value is -1.87. The normalized spacial score (nSPS) is 11.4. The van der Waals surface area contributed by atoms with Gasteiger partial charge in [0.05, 0.1) is 0 Å². The maximum Gasteiger partial charge on any atom is 0.135 e. The largest absolute Gasteiger partial charge is 0.457 e. The molecule has 0 amide bonds. The number of hydrogen-bond acceptors (Lipinski definition) is 3. The van der Waals surface area contributed by atoms with Crippen LogP contribution in [0.1, 0.15) is 38.8 Å². The van der Waals surface area contributed by atoms with E-state index in [1.807, 2.05) is 30.5 Å². The van der Waals surface area contributed by atoms with Gasteiger partial charge >= 0.3 is 0 Å². The first-order valence-corrected chi connectivity index (χ1v) is 7.43. The van der Waals surface area contributed by atoms with Gasteiger partial charge in [0.15, 0.2) is 0 Å². The summed E-state index contributed by atoms with van der Waals surface area (Å²) in [5.74, 6) is 1.78. The lowest BCUT2D eigenvalue weighted by molar-refractivity contribution is 0.413. The third kappa shape index (κ3) is 4.57. The van der Waals surface area contributed by atoms with Gasteiger partial charge in [0.25, 0.3) is 0 Å². The average Bonchev–Trinajstić information content (AvgIpc) is 2.46. The van der Waals surface area contributed by atoms with E-state index in [1.165, 1.54) is 5.56 Å². The van der Waals surface area contributed by atoms with Crippen molar-refractivity contribution in [1.82, 2.24) is 10.3 Å². The van der Waals surface area contributed by atoms with Crippen LogP contribution < -0.4 is 10.1 Å². The summed E-state index contributed by atoms with van der Waals surface area (Å²) in [7, 11) is 0. The van der Waals surface area contributed by atoms with Crippen LogP contribution in [0.3, 0.4) is 0 Å². The minimum absolute atomic E-state index is 0.0639. The van der Waals surface area contributed by atoms with Gasteiger partial charge in [0, 0.05) is 30.0 Å². The van der Waals surface area contributed by atoms with Crippen molar-refractivity contribution in [1.29, 1.82) is 0 Å². The number of nitrogens with zero attached hydrogens (tertiary/aromatic N) is 1. The molecule has 1 aromatic heterocycles. The summed E-state index contributed by atoms with van der Waals surface area (Å²) in [6.07, 6.45) is 4.59. The summed E-state index contributed by atoms with van der Waals surface area (Å²) >= 11 is 0. The average molecular weight is 284 g/mol. The lowest BCUT2D eigenvalue weighted by Gasteiger charge is -2.21. The van der Waals surface area contributed by atoms with Gasteiger partial charge in [-0.3, -0.25) is 4.98 Å². The highest BCUT2D eigenvalue weighted by Crippen LogP contribution is 2.28. The Morgan fingerprint density at radius 1 is 1.05 bits per heavy atom. The number of rotatable bonds is 5. The van der Waals surface area contributed by atoms with Crippen LogP contribution in [-0.2, 0) is 13.0 Å². The summed E-state index contributed by atoms with van der Waals surface area (Å²) < 4.78 is 6.12. The maximum atomic E-state index is 6.12. The molecule has 0 saturated heterocycles. The molecule has 0 aliphatic carbocycles. The molecule has 3 heteroatoms. The van der Waals surface area contributed by atoms with Crippen molar-refractivity contribution in [2.45, 2.75) is 46.2 Å². The molecule has 1 aromatic carbocycles. The Morgan fingerprint density at radius 3 is 2.48 bits per heavy atom. The highest BCUT2D eigenvalue weighted by atomic mass is 16.5. The number of nitrogens with one attached hydrogen (secondary N) is 1. The zero-order chi connectivity index (χ0) is 15.3. The summed E-state index contributed by atoms with van der Waals surface area (Å²) in [6.45, 7) is 9.32. The Morgan fingerprint density at radius 2 is 1.76 bits per heavy atom. The van der Waals surface area contributed by atoms with Gasteiger partial charge in [-0.05, 0) is 44.9 Å². The highest BCUT2D eigenvalue weighted by molar-refractivity contribution is 5.40. The number of pyridine rings is 1. The lowest BCUT2D eigenvalue weighted by Crippen LogP contribution is -2.35. The fraction of sp³-hybridized carbons (Fsp3) is 0.389. The predicted octanol–water partition coefficient (Wildman–Crippen LogP) is 4.32. The van der Waals surface area contributed by atoms with E-state index in [2.05, 4.69) is 44.1 Å². The van der Waals surface area contributed by atoms with Gasteiger partial charge < -0.3 is 10.1 Å². The molecule has 0 unspecified atom stereocenters. The van der Waals surface area contributed by atoms with E-state index in [4.69, 9.17) is 4.74 Å². The van der Waals surface area contributed by atoms with E-state index >= 15 is 0 Å². The fourth-order valence-corrected chi connectivity index (χ4v) is 2.02. The van der Waals surface area contributed by atoms with Crippen molar-refractivity contribution in [2.75, 3.05) is 0 Å². The lowest BCUT2D eigenvalue weighted by atomic mass is 10.1. The number of aromatic nitrogens is 1. The molecule has 0 fully saturated rings. The zero-order valence-electron chi connectivity index (χ0n) is 13.3. The van der Waals surface area contributed by atoms with Gasteiger partial charge in [-0.2, -0.15) is 0 Å². The summed E-state index contributed by atoms with van der Waals surface area (Å²) in [5, 5.41) is 3.47. The second-order valence-electron chi connectivity index (χ2n) is 6.15. The summed E-state index contributed by atoms with van der Waals surface area (Å²) in [6, 6.07) is 10.1. The summed E-state index contributed by atoms with van der Waals surface area (Å²) in [4.78, 5) is 4.21. The molecule has 1 heterocycles. The first kappa shape index (κ1) is 15.5. The number of hydrogen-bond donors (Lipinski definition) is 1. The molecule has 0 saturated carbocycles. The van der Waals surface area contributed by atoms with Gasteiger partial charge in [-0.1, -0.05) is 25.1 Å². The van der Waals surface area contributed by atoms with E-state index in [0.29, 0.717) is 0 Å². The monoisotopic (exact) mass is 284 g/mol. The molecular weight excluding hydrogens is 260 g/mol. The Balaban J connectivity index is 2.20. The van der Waals surface area contributed by atoms with Gasteiger partial charge in [0.1, 0.15) is 11.5 Å². The molecule has 2 aromatic rings. The molecule has 2 rings (SSSR count). The first-order chi connectivity index (χ1) is 9.99. The van der Waals surface area contributed by atoms with Crippen molar-refractivity contribution >= 4 is 0 Å². The van der Waals surface area contributed by atoms with Crippen molar-refractivity contribution in [3.8, 4) is 11.5 Å². The highest BCUT2D eigenvalue weighted by Gasteiger charge is 2.12. The van der Waals surface area contributed by atoms with Crippen LogP contribution in [0.2, 0.25) is 0 Å². The van der Waals surface area contributed by atoms with Crippen LogP contribution in [-0.4, -0.2) is 10.5 Å². The standard InChI is InChI=1S/C18H24N2O/c1-5-14-8-6-7-9-16(14)21-17-10-11-19-12-15(17)13-20-18(2,3)4/h6-12,20H,5,13H2,1-4H3. The van der Waals surface area contributed by atoms with Crippen LogP contribution in [0, 0.1) is 0 Å². The van der Waals surface area contributed by atoms with Crippen LogP contribution in [0.25, 0.3) is 0 Å². The van der Waals surface area contributed by atoms with Gasteiger partial charge in [0.2, 0.25) is 0 Å². The van der Waals surface area contributed by atoms with Crippen molar-refractivity contribution in [3.63, 3.8) is 0 Å². The molecule has 0 aliphatic rings. The molecule has 0 bridgehead atoms. The van der Waals surface area contributed by atoms with Crippen molar-refractivity contribution in [2.24, 2.45) is 0 Å². The second kappa shape index (κ2) is 6.72. The van der Waals surface area contributed by atoms with Crippen molar-refractivity contribution in [3.05, 3.63) is 53.9 Å². The minimum atomic E-state index is 0.0639. The molecule has 1 N–H and O–H groups in total. The maximum absolute atomic E-state index is 6.12. The first-order valence-electron chi connectivity index (χ1n) is 7.43. The van der Waals surface area contributed by atoms with E-state index in [-0.39, 0.29) is 5.54 Å². The molecule has 0 spiro atoms. The van der Waals surface area contributed by atoms with Crippen molar-refractivity contribution < 1.29 is 4.74 Å². The van der Waals surface area contributed by atoms with Crippen LogP contribution >= 0.6 is 0 Å². The smallest absolute Gasteiger partial charge is 0.135 e. The number of aryl methyl sites for hydroxylation is 1. The molecule has 21 heavy (non-hydrogen) atoms. The predicted molar refractivity (Wildman–Crippen MR) is 86.7 cm³/mol. The van der Waals surface area contributed by atoms with E-state index in [1.54, 1.807) is 6.20 Å². The Labute approximate surface area is 127 Å². The van der Waals surface area contributed by atoms with E-state index in [0.717, 1.165) is 30.0 Å². The third-order valence-electron chi connectivity index (χ3n) is 3.24. The Kier molecular flexibility index (Phi) is 4.97. The molecule has 0 radical (unpaired) electrons. The van der Waals surface area contributed by atoms with Crippen LogP contribution in [0.5, 0.6) is 11.5 Å². The molecular formula is C18H24N2O. The van der Waals surface area contributed by atoms with E-state index < -0.39 is 0 Å². The van der Waals surface area contributed by atoms with E-state index in [9.17, 15) is 0 Å². The van der Waals surface area contributed by atoms with Crippen LogP contribution in [0.15, 0.2) is 42.7 Å². The number of para-hydroxylation sites is 1. The zero-order valence-corrected chi connectivity index (χ0v) is 13.3. The topological polar surface area (TPSA) is 34.1 Å². The third-order valence-corrected chi connectivity index (χ3v) is 3.24. The summed E-state index contributed by atoms with van der Waals surface area (Å²) in [5.41, 5.74) is 2.34. The minimum Gasteiger partial charge on any atom is -0.457 e. The molecule has 0 aliphatic heterocycles. The van der Waals surface area contributed by atoms with Gasteiger partial charge in [-0.15, -0.1) is 0 Å². The molecule has 0 atom stereocenters.